The highest BCUT2D eigenvalue weighted by molar-refractivity contribution is 8.84. The van der Waals surface area contributed by atoms with Gasteiger partial charge in [0.1, 0.15) is 22.8 Å². The Labute approximate surface area is 268 Å². The minimum absolute atomic E-state index is 0.256. The van der Waals surface area contributed by atoms with Crippen molar-refractivity contribution >= 4 is 70.4 Å². The van der Waals surface area contributed by atoms with Crippen LogP contribution in [-0.2, 0) is 35.1 Å². The van der Waals surface area contributed by atoms with E-state index in [4.69, 9.17) is 0 Å². The molecule has 4 amide bonds. The Balaban J connectivity index is 2.24. The summed E-state index contributed by atoms with van der Waals surface area (Å²) in [5.74, 6) is 1.52. The number of carbonyl (C=O) groups is 2. The van der Waals surface area contributed by atoms with Crippen LogP contribution >= 0.6 is 58.3 Å². The molecule has 2 aromatic carbocycles. The first-order chi connectivity index (χ1) is 20.3. The van der Waals surface area contributed by atoms with Crippen LogP contribution in [0.4, 0.5) is 9.59 Å². The molecule has 0 fully saturated rings. The number of carbonyl (C=O) groups excluding carboxylic acids is 2. The fourth-order valence-corrected chi connectivity index (χ4v) is 11.5. The largest absolute Gasteiger partial charge is 0.506 e. The van der Waals surface area contributed by atoms with E-state index in [-0.39, 0.29) is 25.2 Å². The predicted molar refractivity (Wildman–Crippen MR) is 185 cm³/mol. The van der Waals surface area contributed by atoms with Gasteiger partial charge >= 0.3 is 24.5 Å². The maximum Gasteiger partial charge on any atom is 0.506 e. The highest BCUT2D eigenvalue weighted by Gasteiger charge is 2.27. The van der Waals surface area contributed by atoms with Crippen LogP contribution in [0.3, 0.4) is 0 Å². The van der Waals surface area contributed by atoms with E-state index in [0.29, 0.717) is 13.1 Å². The van der Waals surface area contributed by atoms with E-state index >= 15 is 0 Å². The minimum Gasteiger partial charge on any atom is -0.318 e. The number of benzene rings is 2. The van der Waals surface area contributed by atoms with Gasteiger partial charge < -0.3 is 9.80 Å². The van der Waals surface area contributed by atoms with E-state index < -0.39 is 12.4 Å². The number of aryl methyl sites for hydroxylation is 2. The molecule has 14 heteroatoms. The quantitative estimate of drug-likeness (QED) is 0.111. The SMILES string of the molecule is CCCS[P+](=O)SNC(=O)N(CCN(Cc1ccccc1CC)C(=O)NS[P+](=O)SCCC)Cc1ccccc1CC. The lowest BCUT2D eigenvalue weighted by molar-refractivity contribution is 0.177. The van der Waals surface area contributed by atoms with Gasteiger partial charge in [-0.15, -0.1) is 0 Å². The number of hydrogen-bond donors (Lipinski definition) is 2. The first-order valence-corrected chi connectivity index (χ1v) is 22.6. The average Bonchev–Trinajstić information content (AvgIpc) is 3.01. The van der Waals surface area contributed by atoms with Gasteiger partial charge in [0, 0.05) is 37.7 Å². The maximum absolute atomic E-state index is 13.4. The van der Waals surface area contributed by atoms with Crippen LogP contribution in [0, 0.1) is 0 Å². The van der Waals surface area contributed by atoms with Gasteiger partial charge in [0.2, 0.25) is 0 Å². The standard InChI is InChI=1S/C28H40N4O4P2S4/c1-5-19-39-37(35)41-29-27(33)31(21-25-15-11-9-13-23(25)7-3)17-18-32(22-26-16-12-10-14-24(26)8-4)28(34)30-42-38(36)40-20-6-2/h9-16H,5-8,17-22H2,1-4H3/p+2. The van der Waals surface area contributed by atoms with Crippen LogP contribution in [0.1, 0.15) is 62.8 Å². The molecule has 0 aliphatic rings. The zero-order valence-electron chi connectivity index (χ0n) is 24.7. The summed E-state index contributed by atoms with van der Waals surface area (Å²) in [6, 6.07) is 15.3. The third-order valence-electron chi connectivity index (χ3n) is 6.15. The summed E-state index contributed by atoms with van der Waals surface area (Å²) in [6.07, 6.45) is 0.102. The molecule has 0 spiro atoms. The molecule has 2 aromatic rings. The predicted octanol–water partition coefficient (Wildman–Crippen LogP) is 9.43. The fraction of sp³-hybridized carbons (Fsp3) is 0.500. The number of amides is 4. The first-order valence-electron chi connectivity index (χ1n) is 14.1. The monoisotopic (exact) mass is 688 g/mol. The lowest BCUT2D eigenvalue weighted by atomic mass is 10.0. The summed E-state index contributed by atoms with van der Waals surface area (Å²) in [4.78, 5) is 30.1. The fourth-order valence-electron chi connectivity index (χ4n) is 3.94. The van der Waals surface area contributed by atoms with Crippen LogP contribution < -0.4 is 9.44 Å². The molecule has 8 nitrogen and oxygen atoms in total. The van der Waals surface area contributed by atoms with E-state index in [1.54, 1.807) is 9.80 Å². The van der Waals surface area contributed by atoms with Gasteiger partial charge in [0.05, 0.1) is 0 Å². The Morgan fingerprint density at radius 2 is 1.00 bits per heavy atom. The van der Waals surface area contributed by atoms with Gasteiger partial charge in [-0.1, -0.05) is 76.2 Å². The third kappa shape index (κ3) is 13.5. The minimum atomic E-state index is -1.68. The molecule has 0 aliphatic heterocycles. The zero-order chi connectivity index (χ0) is 30.7. The zero-order valence-corrected chi connectivity index (χ0v) is 29.8. The second-order valence-electron chi connectivity index (χ2n) is 9.20. The summed E-state index contributed by atoms with van der Waals surface area (Å²) in [5.41, 5.74) is 4.34. The number of nitrogens with one attached hydrogen (secondary N) is 2. The molecule has 0 bridgehead atoms. The van der Waals surface area contributed by atoms with Crippen LogP contribution in [0.5, 0.6) is 0 Å². The lowest BCUT2D eigenvalue weighted by Gasteiger charge is -2.28. The van der Waals surface area contributed by atoms with Crippen molar-refractivity contribution in [1.29, 1.82) is 0 Å². The van der Waals surface area contributed by atoms with Gasteiger partial charge in [-0.2, -0.15) is 0 Å². The molecule has 2 atom stereocenters. The number of urea groups is 2. The Hall–Kier alpha value is -1.42. The Kier molecular flexibility index (Phi) is 18.7. The molecule has 2 rings (SSSR count). The maximum atomic E-state index is 13.4. The van der Waals surface area contributed by atoms with Crippen LogP contribution in [0.2, 0.25) is 0 Å². The van der Waals surface area contributed by atoms with Crippen molar-refractivity contribution in [2.24, 2.45) is 0 Å². The number of rotatable bonds is 19. The topological polar surface area (TPSA) is 98.8 Å². The second-order valence-corrected chi connectivity index (χ2v) is 20.2. The molecule has 0 saturated heterocycles. The Morgan fingerprint density at radius 1 is 0.643 bits per heavy atom. The molecule has 0 aromatic heterocycles. The lowest BCUT2D eigenvalue weighted by Crippen LogP contribution is -2.45. The van der Waals surface area contributed by atoms with E-state index in [0.717, 1.165) is 82.6 Å². The molecule has 0 aliphatic carbocycles. The van der Waals surface area contributed by atoms with E-state index in [2.05, 4.69) is 35.4 Å². The van der Waals surface area contributed by atoms with E-state index in [1.165, 1.54) is 22.8 Å². The normalized spacial score (nSPS) is 11.5. The highest BCUT2D eigenvalue weighted by atomic mass is 33.1. The first kappa shape index (κ1) is 36.8. The van der Waals surface area contributed by atoms with Crippen LogP contribution in [-0.4, -0.2) is 46.5 Å². The summed E-state index contributed by atoms with van der Waals surface area (Å²) in [5, 5.41) is 0. The van der Waals surface area contributed by atoms with Gasteiger partial charge in [0.25, 0.3) is 23.1 Å². The third-order valence-corrected chi connectivity index (χ3v) is 15.6. The van der Waals surface area contributed by atoms with Gasteiger partial charge in [0.15, 0.2) is 0 Å². The summed E-state index contributed by atoms with van der Waals surface area (Å²) < 4.78 is 30.2. The van der Waals surface area contributed by atoms with Crippen molar-refractivity contribution in [2.45, 2.75) is 66.5 Å². The van der Waals surface area contributed by atoms with Gasteiger partial charge in [-0.25, -0.2) is 19.0 Å². The number of nitrogens with zero attached hydrogens (tertiary/aromatic N) is 2. The van der Waals surface area contributed by atoms with E-state index in [1.807, 2.05) is 50.2 Å². The smallest absolute Gasteiger partial charge is 0.318 e. The summed E-state index contributed by atoms with van der Waals surface area (Å²) >= 11 is 4.54. The molecule has 42 heavy (non-hydrogen) atoms. The molecule has 2 N–H and O–H groups in total. The van der Waals surface area contributed by atoms with Crippen molar-refractivity contribution in [1.82, 2.24) is 19.2 Å². The number of hydrogen-bond acceptors (Lipinski definition) is 8. The van der Waals surface area contributed by atoms with Gasteiger partial charge in [-0.3, -0.25) is 0 Å². The summed E-state index contributed by atoms with van der Waals surface area (Å²) in [7, 11) is 0. The summed E-state index contributed by atoms with van der Waals surface area (Å²) in [6.45, 7) is 9.41. The van der Waals surface area contributed by atoms with Gasteiger partial charge in [-0.05, 0) is 57.1 Å². The van der Waals surface area contributed by atoms with Crippen molar-refractivity contribution in [3.8, 4) is 0 Å². The van der Waals surface area contributed by atoms with Crippen LogP contribution in [0.15, 0.2) is 48.5 Å². The Morgan fingerprint density at radius 3 is 1.33 bits per heavy atom. The second kappa shape index (κ2) is 21.3. The molecule has 0 radical (unpaired) electrons. The molecule has 230 valence electrons. The van der Waals surface area contributed by atoms with Crippen molar-refractivity contribution in [3.05, 3.63) is 70.8 Å². The van der Waals surface area contributed by atoms with Crippen molar-refractivity contribution < 1.29 is 18.7 Å². The molecule has 0 heterocycles. The molecule has 2 unspecified atom stereocenters. The van der Waals surface area contributed by atoms with Crippen LogP contribution in [0.25, 0.3) is 0 Å². The average molecular weight is 689 g/mol. The molecular weight excluding hydrogens is 647 g/mol. The highest BCUT2D eigenvalue weighted by Crippen LogP contribution is 2.49. The van der Waals surface area contributed by atoms with E-state index in [9.17, 15) is 18.7 Å². The Bertz CT molecular complexity index is 1090. The van der Waals surface area contributed by atoms with Crippen molar-refractivity contribution in [3.63, 3.8) is 0 Å². The van der Waals surface area contributed by atoms with Crippen molar-refractivity contribution in [2.75, 3.05) is 24.6 Å². The molecular formula is C28H42N4O4P2S4+2. The molecule has 0 saturated carbocycles.